The van der Waals surface area contributed by atoms with Crippen LogP contribution in [-0.2, 0) is 10.0 Å². The highest BCUT2D eigenvalue weighted by Gasteiger charge is 2.19. The van der Waals surface area contributed by atoms with Crippen LogP contribution >= 0.6 is 11.8 Å². The molecule has 26 heavy (non-hydrogen) atoms. The first-order chi connectivity index (χ1) is 12.5. The molecule has 0 unspecified atom stereocenters. The van der Waals surface area contributed by atoms with Crippen LogP contribution in [-0.4, -0.2) is 38.6 Å². The van der Waals surface area contributed by atoms with E-state index in [-0.39, 0.29) is 10.8 Å². The Bertz CT molecular complexity index is 857. The lowest BCUT2D eigenvalue weighted by atomic mass is 10.1. The van der Waals surface area contributed by atoms with Gasteiger partial charge in [0.05, 0.1) is 4.90 Å². The number of rotatable bonds is 5. The third-order valence-corrected chi connectivity index (χ3v) is 6.54. The molecule has 7 heteroatoms. The van der Waals surface area contributed by atoms with Gasteiger partial charge in [-0.15, -0.1) is 11.8 Å². The van der Waals surface area contributed by atoms with Crippen molar-refractivity contribution in [1.82, 2.24) is 4.90 Å². The summed E-state index contributed by atoms with van der Waals surface area (Å²) < 4.78 is 27.5. The molecule has 2 aromatic carbocycles. The molecule has 1 heterocycles. The van der Waals surface area contributed by atoms with Crippen molar-refractivity contribution in [3.05, 3.63) is 54.1 Å². The van der Waals surface area contributed by atoms with Crippen molar-refractivity contribution in [2.24, 2.45) is 0 Å². The molecule has 0 radical (unpaired) electrons. The molecule has 0 aliphatic carbocycles. The second-order valence-corrected chi connectivity index (χ2v) is 8.77. The summed E-state index contributed by atoms with van der Waals surface area (Å²) in [7, 11) is -3.65. The van der Waals surface area contributed by atoms with Gasteiger partial charge in [-0.3, -0.25) is 9.52 Å². The van der Waals surface area contributed by atoms with Crippen LogP contribution in [0.25, 0.3) is 0 Å². The number of thioether (sulfide) groups is 1. The minimum absolute atomic E-state index is 0.00626. The van der Waals surface area contributed by atoms with Crippen molar-refractivity contribution in [3.8, 4) is 0 Å². The van der Waals surface area contributed by atoms with Gasteiger partial charge < -0.3 is 4.90 Å². The maximum Gasteiger partial charge on any atom is 0.261 e. The molecule has 0 spiro atoms. The fourth-order valence-corrected chi connectivity index (χ4v) is 4.40. The van der Waals surface area contributed by atoms with Crippen LogP contribution in [0.3, 0.4) is 0 Å². The van der Waals surface area contributed by atoms with Crippen LogP contribution in [0.2, 0.25) is 0 Å². The van der Waals surface area contributed by atoms with Crippen LogP contribution in [0.1, 0.15) is 29.6 Å². The third kappa shape index (κ3) is 4.40. The molecule has 0 aromatic heterocycles. The van der Waals surface area contributed by atoms with E-state index in [1.165, 1.54) is 6.42 Å². The van der Waals surface area contributed by atoms with Crippen molar-refractivity contribution in [2.75, 3.05) is 24.1 Å². The molecule has 1 N–H and O–H groups in total. The minimum atomic E-state index is -3.65. The van der Waals surface area contributed by atoms with E-state index in [4.69, 9.17) is 0 Å². The predicted molar refractivity (Wildman–Crippen MR) is 105 cm³/mol. The Hall–Kier alpha value is -1.99. The van der Waals surface area contributed by atoms with E-state index < -0.39 is 10.0 Å². The lowest BCUT2D eigenvalue weighted by Gasteiger charge is -2.26. The highest BCUT2D eigenvalue weighted by Crippen LogP contribution is 2.21. The van der Waals surface area contributed by atoms with Gasteiger partial charge in [-0.1, -0.05) is 0 Å². The highest BCUT2D eigenvalue weighted by molar-refractivity contribution is 7.98. The van der Waals surface area contributed by atoms with Crippen LogP contribution in [0.5, 0.6) is 0 Å². The Morgan fingerprint density at radius 3 is 2.15 bits per heavy atom. The maximum atomic E-state index is 12.5. The van der Waals surface area contributed by atoms with Crippen LogP contribution in [0.4, 0.5) is 5.69 Å². The smallest absolute Gasteiger partial charge is 0.261 e. The van der Waals surface area contributed by atoms with E-state index >= 15 is 0 Å². The Balaban J connectivity index is 1.70. The summed E-state index contributed by atoms with van der Waals surface area (Å²) in [5.74, 6) is 0.00626. The summed E-state index contributed by atoms with van der Waals surface area (Å²) in [4.78, 5) is 15.5. The van der Waals surface area contributed by atoms with Crippen LogP contribution in [0, 0.1) is 0 Å². The Labute approximate surface area is 158 Å². The summed E-state index contributed by atoms with van der Waals surface area (Å²) in [5.41, 5.74) is 1.02. The number of likely N-dealkylation sites (tertiary alicyclic amines) is 1. The van der Waals surface area contributed by atoms with Crippen molar-refractivity contribution in [3.63, 3.8) is 0 Å². The second-order valence-electron chi connectivity index (χ2n) is 6.21. The molecule has 138 valence electrons. The first-order valence-corrected chi connectivity index (χ1v) is 11.3. The number of nitrogens with one attached hydrogen (secondary N) is 1. The topological polar surface area (TPSA) is 66.5 Å². The number of carbonyl (C=O) groups is 1. The molecule has 5 nitrogen and oxygen atoms in total. The summed E-state index contributed by atoms with van der Waals surface area (Å²) in [6.45, 7) is 1.58. The Morgan fingerprint density at radius 2 is 1.58 bits per heavy atom. The Kier molecular flexibility index (Phi) is 5.88. The van der Waals surface area contributed by atoms with Crippen LogP contribution in [0.15, 0.2) is 58.3 Å². The zero-order valence-electron chi connectivity index (χ0n) is 14.6. The zero-order valence-corrected chi connectivity index (χ0v) is 16.3. The fraction of sp³-hybridized carbons (Fsp3) is 0.316. The van der Waals surface area contributed by atoms with Gasteiger partial charge in [-0.05, 0) is 74.0 Å². The largest absolute Gasteiger partial charge is 0.339 e. The molecule has 1 amide bonds. The molecule has 3 rings (SSSR count). The van der Waals surface area contributed by atoms with Gasteiger partial charge in [0, 0.05) is 29.2 Å². The second kappa shape index (κ2) is 8.14. The molecule has 0 atom stereocenters. The summed E-state index contributed by atoms with van der Waals surface area (Å²) >= 11 is 1.56. The average Bonchev–Trinajstić information content (AvgIpc) is 2.68. The number of nitrogens with zero attached hydrogens (tertiary/aromatic N) is 1. The number of piperidine rings is 1. The number of carbonyl (C=O) groups excluding carboxylic acids is 1. The lowest BCUT2D eigenvalue weighted by Crippen LogP contribution is -2.35. The molecule has 1 aliphatic rings. The normalized spacial score (nSPS) is 14.9. The van der Waals surface area contributed by atoms with Crippen molar-refractivity contribution < 1.29 is 13.2 Å². The number of hydrogen-bond acceptors (Lipinski definition) is 4. The number of amides is 1. The fourth-order valence-electron chi connectivity index (χ4n) is 2.93. The van der Waals surface area contributed by atoms with E-state index in [0.29, 0.717) is 11.3 Å². The molecule has 1 fully saturated rings. The van der Waals surface area contributed by atoms with Crippen molar-refractivity contribution in [1.29, 1.82) is 0 Å². The SMILES string of the molecule is CSc1ccc(S(=O)(=O)Nc2ccc(C(=O)N3CCCCC3)cc2)cc1. The monoisotopic (exact) mass is 390 g/mol. The van der Waals surface area contributed by atoms with E-state index in [1.807, 2.05) is 11.2 Å². The molecular weight excluding hydrogens is 368 g/mol. The summed E-state index contributed by atoms with van der Waals surface area (Å²) in [6, 6.07) is 13.3. The third-order valence-electron chi connectivity index (χ3n) is 4.40. The van der Waals surface area contributed by atoms with Gasteiger partial charge in [0.1, 0.15) is 0 Å². The molecular formula is C19H22N2O3S2. The van der Waals surface area contributed by atoms with Crippen molar-refractivity contribution in [2.45, 2.75) is 29.1 Å². The van der Waals surface area contributed by atoms with Crippen molar-refractivity contribution >= 4 is 33.4 Å². The quantitative estimate of drug-likeness (QED) is 0.788. The van der Waals surface area contributed by atoms with Gasteiger partial charge >= 0.3 is 0 Å². The lowest BCUT2D eigenvalue weighted by molar-refractivity contribution is 0.0724. The molecule has 1 aliphatic heterocycles. The zero-order chi connectivity index (χ0) is 18.6. The molecule has 2 aromatic rings. The van der Waals surface area contributed by atoms with Gasteiger partial charge in [0.15, 0.2) is 0 Å². The first kappa shape index (κ1) is 18.8. The van der Waals surface area contributed by atoms with E-state index in [0.717, 1.165) is 30.8 Å². The summed E-state index contributed by atoms with van der Waals surface area (Å²) in [6.07, 6.45) is 5.19. The highest BCUT2D eigenvalue weighted by atomic mass is 32.2. The predicted octanol–water partition coefficient (Wildman–Crippen LogP) is 3.84. The van der Waals surface area contributed by atoms with Crippen LogP contribution < -0.4 is 4.72 Å². The van der Waals surface area contributed by atoms with Gasteiger partial charge in [-0.25, -0.2) is 8.42 Å². The number of benzene rings is 2. The van der Waals surface area contributed by atoms with E-state index in [9.17, 15) is 13.2 Å². The van der Waals surface area contributed by atoms with Gasteiger partial charge in [0.25, 0.3) is 15.9 Å². The van der Waals surface area contributed by atoms with E-state index in [1.54, 1.807) is 60.3 Å². The first-order valence-electron chi connectivity index (χ1n) is 8.56. The molecule has 0 saturated carbocycles. The molecule has 1 saturated heterocycles. The number of sulfonamides is 1. The van der Waals surface area contributed by atoms with Gasteiger partial charge in [-0.2, -0.15) is 0 Å². The standard InChI is InChI=1S/C19H22N2O3S2/c1-25-17-9-11-18(12-10-17)26(23,24)20-16-7-5-15(6-8-16)19(22)21-13-3-2-4-14-21/h5-12,20H,2-4,13-14H2,1H3. The van der Waals surface area contributed by atoms with Gasteiger partial charge in [0.2, 0.25) is 0 Å². The number of hydrogen-bond donors (Lipinski definition) is 1. The minimum Gasteiger partial charge on any atom is -0.339 e. The average molecular weight is 391 g/mol. The van der Waals surface area contributed by atoms with E-state index in [2.05, 4.69) is 4.72 Å². The maximum absolute atomic E-state index is 12.5. The molecule has 0 bridgehead atoms. The Morgan fingerprint density at radius 1 is 0.962 bits per heavy atom. The summed E-state index contributed by atoms with van der Waals surface area (Å²) in [5, 5.41) is 0. The number of anilines is 1.